The van der Waals surface area contributed by atoms with E-state index in [2.05, 4.69) is 12.2 Å². The highest BCUT2D eigenvalue weighted by Gasteiger charge is 2.68. The summed E-state index contributed by atoms with van der Waals surface area (Å²) in [7, 11) is 0. The molecule has 5 rings (SSSR count). The molecular weight excluding hydrogens is 518 g/mol. The lowest BCUT2D eigenvalue weighted by Crippen LogP contribution is -2.62. The fourth-order valence-corrected chi connectivity index (χ4v) is 9.04. The summed E-state index contributed by atoms with van der Waals surface area (Å²) in [6.07, 6.45) is 4.95. The molecular formula is C30H39NO7S. The van der Waals surface area contributed by atoms with E-state index >= 15 is 0 Å². The van der Waals surface area contributed by atoms with Crippen LogP contribution in [0.15, 0.2) is 29.2 Å². The van der Waals surface area contributed by atoms with Crippen LogP contribution in [0, 0.1) is 28.6 Å². The van der Waals surface area contributed by atoms with Gasteiger partial charge < -0.3 is 20.3 Å². The second-order valence-electron chi connectivity index (χ2n) is 12.4. The van der Waals surface area contributed by atoms with Crippen molar-refractivity contribution < 1.29 is 34.1 Å². The number of carbonyl (C=O) groups excluding carboxylic acids is 4. The van der Waals surface area contributed by atoms with Gasteiger partial charge in [-0.3, -0.25) is 19.2 Å². The monoisotopic (exact) mass is 557 g/mol. The van der Waals surface area contributed by atoms with Gasteiger partial charge in [-0.2, -0.15) is 0 Å². The molecule has 39 heavy (non-hydrogen) atoms. The molecule has 0 spiro atoms. The van der Waals surface area contributed by atoms with Gasteiger partial charge in [0, 0.05) is 23.1 Å². The maximum atomic E-state index is 13.4. The van der Waals surface area contributed by atoms with Crippen LogP contribution in [0.1, 0.15) is 76.5 Å². The molecule has 3 fully saturated rings. The van der Waals surface area contributed by atoms with Crippen molar-refractivity contribution in [2.75, 3.05) is 6.61 Å². The maximum absolute atomic E-state index is 13.4. The van der Waals surface area contributed by atoms with Gasteiger partial charge >= 0.3 is 5.97 Å². The van der Waals surface area contributed by atoms with E-state index in [0.29, 0.717) is 19.4 Å². The quantitative estimate of drug-likeness (QED) is 0.417. The zero-order valence-electron chi connectivity index (χ0n) is 22.7. The maximum Gasteiger partial charge on any atom is 0.306 e. The molecule has 1 heterocycles. The lowest BCUT2D eigenvalue weighted by Gasteiger charge is -2.60. The number of Topliss-reactive ketones (excluding diaryl/α,β-unsaturated/α-hetero) is 1. The Balaban J connectivity index is 1.19. The smallest absolute Gasteiger partial charge is 0.306 e. The first kappa shape index (κ1) is 28.2. The van der Waals surface area contributed by atoms with Crippen LogP contribution in [0.5, 0.6) is 0 Å². The minimum absolute atomic E-state index is 0.00934. The van der Waals surface area contributed by atoms with Crippen LogP contribution in [-0.4, -0.2) is 52.0 Å². The van der Waals surface area contributed by atoms with E-state index in [-0.39, 0.29) is 60.5 Å². The molecule has 212 valence electrons. The van der Waals surface area contributed by atoms with Crippen LogP contribution in [0.4, 0.5) is 0 Å². The molecule has 0 unspecified atom stereocenters. The molecule has 0 aromatic carbocycles. The van der Waals surface area contributed by atoms with Crippen molar-refractivity contribution >= 4 is 34.8 Å². The lowest BCUT2D eigenvalue weighted by atomic mass is 9.45. The number of hydrogen-bond donors (Lipinski definition) is 3. The van der Waals surface area contributed by atoms with Crippen molar-refractivity contribution in [2.45, 2.75) is 89.9 Å². The molecule has 1 aromatic rings. The highest BCUT2D eigenvalue weighted by molar-refractivity contribution is 7.09. The molecule has 9 heteroatoms. The van der Waals surface area contributed by atoms with Gasteiger partial charge in [-0.05, 0) is 79.2 Å². The molecule has 0 aliphatic heterocycles. The molecule has 3 N–H and O–H groups in total. The van der Waals surface area contributed by atoms with E-state index in [1.54, 1.807) is 6.08 Å². The first-order valence-electron chi connectivity index (χ1n) is 14.1. The van der Waals surface area contributed by atoms with Gasteiger partial charge in [-0.15, -0.1) is 11.3 Å². The Morgan fingerprint density at radius 2 is 1.95 bits per heavy atom. The molecule has 0 saturated heterocycles. The number of ether oxygens (including phenoxy) is 1. The Hall–Kier alpha value is -2.36. The Kier molecular flexibility index (Phi) is 7.63. The molecule has 4 aliphatic carbocycles. The van der Waals surface area contributed by atoms with Gasteiger partial charge in [0.05, 0.1) is 19.1 Å². The van der Waals surface area contributed by atoms with Crippen LogP contribution >= 0.6 is 11.3 Å². The summed E-state index contributed by atoms with van der Waals surface area (Å²) in [5.41, 5.74) is -1.63. The number of ketones is 2. The van der Waals surface area contributed by atoms with Crippen molar-refractivity contribution in [1.29, 1.82) is 0 Å². The van der Waals surface area contributed by atoms with Crippen molar-refractivity contribution in [3.63, 3.8) is 0 Å². The average Bonchev–Trinajstić information content (AvgIpc) is 3.51. The number of allylic oxidation sites excluding steroid dienone is 1. The Morgan fingerprint density at radius 1 is 1.15 bits per heavy atom. The number of esters is 1. The number of fused-ring (bicyclic) bond motifs is 5. The summed E-state index contributed by atoms with van der Waals surface area (Å²) < 4.78 is 5.21. The number of rotatable bonds is 8. The molecule has 8 nitrogen and oxygen atoms in total. The molecule has 7 atom stereocenters. The van der Waals surface area contributed by atoms with E-state index in [1.165, 1.54) is 11.3 Å². The summed E-state index contributed by atoms with van der Waals surface area (Å²) in [4.78, 5) is 50.8. The summed E-state index contributed by atoms with van der Waals surface area (Å²) >= 11 is 1.53. The van der Waals surface area contributed by atoms with Gasteiger partial charge in [0.1, 0.15) is 5.60 Å². The van der Waals surface area contributed by atoms with E-state index < -0.39 is 35.5 Å². The number of thiophene rings is 1. The third-order valence-corrected chi connectivity index (χ3v) is 11.3. The fraction of sp³-hybridized carbons (Fsp3) is 0.667. The van der Waals surface area contributed by atoms with Gasteiger partial charge in [-0.1, -0.05) is 25.5 Å². The van der Waals surface area contributed by atoms with Crippen LogP contribution in [0.3, 0.4) is 0 Å². The molecule has 3 saturated carbocycles. The minimum Gasteiger partial charge on any atom is -0.458 e. The van der Waals surface area contributed by atoms with E-state index in [0.717, 1.165) is 29.7 Å². The third-order valence-electron chi connectivity index (χ3n) is 10.5. The zero-order chi connectivity index (χ0) is 28.0. The summed E-state index contributed by atoms with van der Waals surface area (Å²) in [6.45, 7) is 3.92. The SMILES string of the molecule is C[C@]12CCC(=O)C=C1CC[C@H]1[C@H]2[C@@H](O)C[C@@]2(C)[C@H]1CC[C@]2(O)C(=O)COC(=O)CCC(=O)NCc1cccs1. The summed E-state index contributed by atoms with van der Waals surface area (Å²) in [5, 5.41) is 27.9. The Morgan fingerprint density at radius 3 is 2.69 bits per heavy atom. The summed E-state index contributed by atoms with van der Waals surface area (Å²) in [5.74, 6) is -1.13. The first-order chi connectivity index (χ1) is 18.5. The standard InChI is InChI=1S/C30H39NO7S/c1-28-11-9-19(32)14-18(28)5-6-21-22-10-12-30(37,29(22,2)15-23(33)27(21)28)24(34)17-38-26(36)8-7-25(35)31-16-20-4-3-13-39-20/h3-4,13-14,21-23,27,33,37H,5-12,15-17H2,1-2H3,(H,31,35)/t21-,22+,23+,27+,28+,29+,30+/m1/s1. The highest BCUT2D eigenvalue weighted by Crippen LogP contribution is 2.67. The van der Waals surface area contributed by atoms with Crippen molar-refractivity contribution in [3.05, 3.63) is 34.0 Å². The number of carbonyl (C=O) groups is 4. The van der Waals surface area contributed by atoms with Gasteiger partial charge in [0.15, 0.2) is 12.4 Å². The number of aliphatic hydroxyl groups excluding tert-OH is 1. The lowest BCUT2D eigenvalue weighted by molar-refractivity contribution is -0.184. The van der Waals surface area contributed by atoms with E-state index in [1.807, 2.05) is 24.4 Å². The van der Waals surface area contributed by atoms with Crippen molar-refractivity contribution in [3.8, 4) is 0 Å². The summed E-state index contributed by atoms with van der Waals surface area (Å²) in [6, 6.07) is 3.81. The van der Waals surface area contributed by atoms with Crippen LogP contribution in [0.25, 0.3) is 0 Å². The van der Waals surface area contributed by atoms with E-state index in [4.69, 9.17) is 4.74 Å². The predicted octanol–water partition coefficient (Wildman–Crippen LogP) is 3.49. The largest absolute Gasteiger partial charge is 0.458 e. The van der Waals surface area contributed by atoms with Gasteiger partial charge in [-0.25, -0.2) is 0 Å². The van der Waals surface area contributed by atoms with Gasteiger partial charge in [0.2, 0.25) is 11.7 Å². The first-order valence-corrected chi connectivity index (χ1v) is 15.0. The zero-order valence-corrected chi connectivity index (χ0v) is 23.6. The third kappa shape index (κ3) is 4.91. The molecule has 0 bridgehead atoms. The number of hydrogen-bond acceptors (Lipinski definition) is 8. The topological polar surface area (TPSA) is 130 Å². The predicted molar refractivity (Wildman–Crippen MR) is 144 cm³/mol. The number of amides is 1. The molecule has 1 aromatic heterocycles. The van der Waals surface area contributed by atoms with Crippen molar-refractivity contribution in [2.24, 2.45) is 28.6 Å². The second-order valence-corrected chi connectivity index (χ2v) is 13.4. The number of aliphatic hydroxyl groups is 2. The van der Waals surface area contributed by atoms with Gasteiger partial charge in [0.25, 0.3) is 0 Å². The second kappa shape index (κ2) is 10.6. The molecule has 1 amide bonds. The minimum atomic E-state index is -1.69. The van der Waals surface area contributed by atoms with Crippen LogP contribution in [0.2, 0.25) is 0 Å². The highest BCUT2D eigenvalue weighted by atomic mass is 32.1. The Bertz CT molecular complexity index is 1180. The normalized spacial score (nSPS) is 37.2. The van der Waals surface area contributed by atoms with Crippen molar-refractivity contribution in [1.82, 2.24) is 5.32 Å². The number of nitrogens with one attached hydrogen (secondary N) is 1. The molecule has 0 radical (unpaired) electrons. The fourth-order valence-electron chi connectivity index (χ4n) is 8.39. The molecule has 4 aliphatic rings. The average molecular weight is 558 g/mol. The van der Waals surface area contributed by atoms with Crippen LogP contribution < -0.4 is 5.32 Å². The van der Waals surface area contributed by atoms with Crippen LogP contribution in [-0.2, 0) is 30.5 Å². The Labute approximate surface area is 233 Å². The van der Waals surface area contributed by atoms with E-state index in [9.17, 15) is 29.4 Å².